The Morgan fingerprint density at radius 3 is 2.82 bits per heavy atom. The van der Waals surface area contributed by atoms with Gasteiger partial charge in [-0.1, -0.05) is 0 Å². The maximum Gasteiger partial charge on any atom is 0.191 e. The largest absolute Gasteiger partial charge is 0.381 e. The van der Waals surface area contributed by atoms with Gasteiger partial charge in [0.2, 0.25) is 0 Å². The molecule has 3 rings (SSSR count). The Morgan fingerprint density at radius 2 is 2.11 bits per heavy atom. The Kier molecular flexibility index (Phi) is 9.36. The first-order valence-corrected chi connectivity index (χ1v) is 10.8. The lowest BCUT2D eigenvalue weighted by Gasteiger charge is -2.34. The van der Waals surface area contributed by atoms with Crippen molar-refractivity contribution in [2.45, 2.75) is 30.9 Å². The number of H-pyrrole nitrogens is 1. The quantitative estimate of drug-likeness (QED) is 0.294. The fourth-order valence-electron chi connectivity index (χ4n) is 3.42. The van der Waals surface area contributed by atoms with Crippen molar-refractivity contribution in [1.82, 2.24) is 15.6 Å². The van der Waals surface area contributed by atoms with Gasteiger partial charge in [0.15, 0.2) is 5.96 Å². The molecule has 1 aliphatic heterocycles. The number of guanidine groups is 1. The van der Waals surface area contributed by atoms with Crippen LogP contribution in [0.5, 0.6) is 0 Å². The van der Waals surface area contributed by atoms with Crippen molar-refractivity contribution in [3.63, 3.8) is 0 Å². The van der Waals surface area contributed by atoms with Crippen LogP contribution in [0.4, 0.5) is 4.39 Å². The molecule has 0 spiro atoms. The molecule has 1 aromatic heterocycles. The molecule has 0 atom stereocenters. The van der Waals surface area contributed by atoms with E-state index in [0.29, 0.717) is 0 Å². The second kappa shape index (κ2) is 11.3. The van der Waals surface area contributed by atoms with Crippen LogP contribution in [0.15, 0.2) is 29.4 Å². The average molecular weight is 520 g/mol. The van der Waals surface area contributed by atoms with Gasteiger partial charge in [-0.15, -0.1) is 24.0 Å². The summed E-state index contributed by atoms with van der Waals surface area (Å²) in [6, 6.07) is 4.88. The summed E-state index contributed by atoms with van der Waals surface area (Å²) in [4.78, 5) is 7.98. The average Bonchev–Trinajstić information content (AvgIpc) is 3.09. The number of fused-ring (bicyclic) bond motifs is 1. The van der Waals surface area contributed by atoms with Crippen molar-refractivity contribution in [1.29, 1.82) is 0 Å². The molecule has 28 heavy (non-hydrogen) atoms. The second-order valence-electron chi connectivity index (χ2n) is 6.88. The number of nitrogens with zero attached hydrogens (tertiary/aromatic N) is 1. The highest BCUT2D eigenvalue weighted by molar-refractivity contribution is 14.0. The standard InChI is InChI=1S/C20H29FN4OS.HI/c1-3-22-19(25-14-20(27-2)7-10-26-11-8-20)23-9-6-15-13-24-18-12-16(21)4-5-17(15)18;/h4-5,12-13,24H,3,6-11,14H2,1-2H3,(H2,22,23,25);1H. The predicted molar refractivity (Wildman–Crippen MR) is 128 cm³/mol. The fourth-order valence-corrected chi connectivity index (χ4v) is 4.18. The molecule has 1 saturated heterocycles. The maximum atomic E-state index is 13.3. The molecule has 0 radical (unpaired) electrons. The molecular formula is C20H30FIN4OS. The van der Waals surface area contributed by atoms with Crippen LogP contribution in [0.3, 0.4) is 0 Å². The molecule has 0 aliphatic carbocycles. The summed E-state index contributed by atoms with van der Waals surface area (Å²) in [7, 11) is 0. The van der Waals surface area contributed by atoms with E-state index in [-0.39, 0.29) is 34.5 Å². The van der Waals surface area contributed by atoms with Crippen molar-refractivity contribution in [2.24, 2.45) is 4.99 Å². The second-order valence-corrected chi connectivity index (χ2v) is 8.15. The summed E-state index contributed by atoms with van der Waals surface area (Å²) < 4.78 is 19.0. The van der Waals surface area contributed by atoms with E-state index in [4.69, 9.17) is 9.73 Å². The number of halogens is 2. The third-order valence-corrected chi connectivity index (χ3v) is 6.53. The Morgan fingerprint density at radius 1 is 1.32 bits per heavy atom. The van der Waals surface area contributed by atoms with Crippen LogP contribution in [0, 0.1) is 5.82 Å². The molecule has 2 aromatic rings. The Balaban J connectivity index is 0.00000280. The zero-order valence-corrected chi connectivity index (χ0v) is 19.7. The zero-order valence-electron chi connectivity index (χ0n) is 16.5. The maximum absolute atomic E-state index is 13.3. The molecular weight excluding hydrogens is 490 g/mol. The fraction of sp³-hybridized carbons (Fsp3) is 0.550. The van der Waals surface area contributed by atoms with Crippen LogP contribution in [0.1, 0.15) is 25.3 Å². The number of nitrogens with one attached hydrogen (secondary N) is 3. The number of ether oxygens (including phenoxy) is 1. The molecule has 156 valence electrons. The van der Waals surface area contributed by atoms with E-state index < -0.39 is 0 Å². The number of aromatic amines is 1. The van der Waals surface area contributed by atoms with Crippen LogP contribution < -0.4 is 10.6 Å². The number of hydrogen-bond acceptors (Lipinski definition) is 3. The number of hydrogen-bond donors (Lipinski definition) is 3. The van der Waals surface area contributed by atoms with Gasteiger partial charge in [0, 0.05) is 48.2 Å². The molecule has 8 heteroatoms. The first-order chi connectivity index (χ1) is 13.2. The van der Waals surface area contributed by atoms with E-state index in [9.17, 15) is 4.39 Å². The number of rotatable bonds is 7. The van der Waals surface area contributed by atoms with Gasteiger partial charge in [-0.3, -0.25) is 4.99 Å². The SMILES string of the molecule is CCNC(=NCC1(SC)CCOCC1)NCCc1c[nH]c2cc(F)ccc12.I. The van der Waals surface area contributed by atoms with Crippen molar-refractivity contribution in [2.75, 3.05) is 39.1 Å². The van der Waals surface area contributed by atoms with E-state index >= 15 is 0 Å². The van der Waals surface area contributed by atoms with Gasteiger partial charge >= 0.3 is 0 Å². The van der Waals surface area contributed by atoms with E-state index in [1.54, 1.807) is 0 Å². The lowest BCUT2D eigenvalue weighted by molar-refractivity contribution is 0.0794. The minimum Gasteiger partial charge on any atom is -0.381 e. The molecule has 0 amide bonds. The zero-order chi connectivity index (χ0) is 19.1. The number of aliphatic imine (C=N–C) groups is 1. The van der Waals surface area contributed by atoms with Gasteiger partial charge in [0.1, 0.15) is 5.82 Å². The Hall–Kier alpha value is -1.00. The van der Waals surface area contributed by atoms with Crippen LogP contribution in [0.2, 0.25) is 0 Å². The molecule has 0 bridgehead atoms. The minimum atomic E-state index is -0.216. The highest BCUT2D eigenvalue weighted by Gasteiger charge is 2.31. The molecule has 1 aliphatic rings. The summed E-state index contributed by atoms with van der Waals surface area (Å²) in [5.41, 5.74) is 2.02. The first-order valence-electron chi connectivity index (χ1n) is 9.56. The lowest BCUT2D eigenvalue weighted by Crippen LogP contribution is -2.41. The molecule has 2 heterocycles. The molecule has 0 saturated carbocycles. The topological polar surface area (TPSA) is 61.4 Å². The van der Waals surface area contributed by atoms with Crippen molar-refractivity contribution >= 4 is 52.6 Å². The molecule has 5 nitrogen and oxygen atoms in total. The monoisotopic (exact) mass is 520 g/mol. The lowest BCUT2D eigenvalue weighted by atomic mass is 9.99. The number of aromatic nitrogens is 1. The minimum absolute atomic E-state index is 0. The Labute approximate surface area is 187 Å². The van der Waals surface area contributed by atoms with Crippen molar-refractivity contribution < 1.29 is 9.13 Å². The summed E-state index contributed by atoms with van der Waals surface area (Å²) in [5, 5.41) is 7.83. The van der Waals surface area contributed by atoms with Gasteiger partial charge in [-0.25, -0.2) is 4.39 Å². The van der Waals surface area contributed by atoms with Gasteiger partial charge in [0.05, 0.1) is 6.54 Å². The van der Waals surface area contributed by atoms with Gasteiger partial charge in [-0.2, -0.15) is 11.8 Å². The highest BCUT2D eigenvalue weighted by atomic mass is 127. The predicted octanol–water partition coefficient (Wildman–Crippen LogP) is 3.93. The summed E-state index contributed by atoms with van der Waals surface area (Å²) in [6.07, 6.45) is 7.06. The van der Waals surface area contributed by atoms with Crippen LogP contribution in [-0.4, -0.2) is 54.8 Å². The summed E-state index contributed by atoms with van der Waals surface area (Å²) >= 11 is 1.90. The van der Waals surface area contributed by atoms with E-state index in [0.717, 1.165) is 69.0 Å². The van der Waals surface area contributed by atoms with Crippen LogP contribution >= 0.6 is 35.7 Å². The molecule has 1 aromatic carbocycles. The highest BCUT2D eigenvalue weighted by Crippen LogP contribution is 2.33. The van der Waals surface area contributed by atoms with Crippen LogP contribution in [-0.2, 0) is 11.2 Å². The molecule has 0 unspecified atom stereocenters. The number of benzene rings is 1. The Bertz CT molecular complexity index is 777. The van der Waals surface area contributed by atoms with Crippen molar-refractivity contribution in [3.05, 3.63) is 35.8 Å². The van der Waals surface area contributed by atoms with E-state index in [1.165, 1.54) is 17.7 Å². The molecule has 1 fully saturated rings. The van der Waals surface area contributed by atoms with Crippen LogP contribution in [0.25, 0.3) is 10.9 Å². The smallest absolute Gasteiger partial charge is 0.191 e. The third kappa shape index (κ3) is 6.00. The summed E-state index contributed by atoms with van der Waals surface area (Å²) in [6.45, 7) is 6.10. The van der Waals surface area contributed by atoms with E-state index in [1.807, 2.05) is 24.0 Å². The van der Waals surface area contributed by atoms with Gasteiger partial charge in [-0.05, 0) is 56.2 Å². The normalized spacial score (nSPS) is 16.6. The first kappa shape index (κ1) is 23.3. The van der Waals surface area contributed by atoms with Gasteiger partial charge in [0.25, 0.3) is 0 Å². The van der Waals surface area contributed by atoms with E-state index in [2.05, 4.69) is 28.8 Å². The van der Waals surface area contributed by atoms with Crippen molar-refractivity contribution in [3.8, 4) is 0 Å². The molecule has 3 N–H and O–H groups in total. The third-order valence-electron chi connectivity index (χ3n) is 5.12. The van der Waals surface area contributed by atoms with Gasteiger partial charge < -0.3 is 20.4 Å². The summed E-state index contributed by atoms with van der Waals surface area (Å²) in [5.74, 6) is 0.634. The number of thioether (sulfide) groups is 1.